The first-order valence-electron chi connectivity index (χ1n) is 8.01. The molecule has 140 valence electrons. The lowest BCUT2D eigenvalue weighted by atomic mass is 10.2. The maximum Gasteiger partial charge on any atom is 0.291 e. The lowest BCUT2D eigenvalue weighted by Crippen LogP contribution is -2.16. The lowest BCUT2D eigenvalue weighted by Gasteiger charge is -2.12. The molecule has 6 nitrogen and oxygen atoms in total. The molecule has 0 atom stereocenters. The van der Waals surface area contributed by atoms with Crippen LogP contribution in [0, 0.1) is 13.8 Å². The Hall–Kier alpha value is -2.77. The van der Waals surface area contributed by atoms with Crippen LogP contribution in [0.2, 0.25) is 5.02 Å². The van der Waals surface area contributed by atoms with Crippen molar-refractivity contribution in [3.8, 4) is 0 Å². The van der Waals surface area contributed by atoms with E-state index in [4.69, 9.17) is 16.0 Å². The zero-order chi connectivity index (χ0) is 19.6. The van der Waals surface area contributed by atoms with Crippen LogP contribution in [0.25, 0.3) is 0 Å². The molecule has 0 fully saturated rings. The maximum absolute atomic E-state index is 12.8. The summed E-state index contributed by atoms with van der Waals surface area (Å²) in [6, 6.07) is 12.7. The van der Waals surface area contributed by atoms with E-state index in [1.807, 2.05) is 0 Å². The van der Waals surface area contributed by atoms with Crippen LogP contribution in [0.1, 0.15) is 21.7 Å². The predicted molar refractivity (Wildman–Crippen MR) is 105 cm³/mol. The highest BCUT2D eigenvalue weighted by molar-refractivity contribution is 7.92. The minimum Gasteiger partial charge on any atom is -0.459 e. The Balaban J connectivity index is 1.87. The van der Waals surface area contributed by atoms with Gasteiger partial charge in [-0.25, -0.2) is 8.42 Å². The molecule has 0 bridgehead atoms. The minimum absolute atomic E-state index is 0.0615. The molecule has 3 rings (SSSR count). The lowest BCUT2D eigenvalue weighted by molar-refractivity contribution is 0.0996. The summed E-state index contributed by atoms with van der Waals surface area (Å²) >= 11 is 5.82. The average molecular weight is 405 g/mol. The molecular formula is C19H17ClN2O4S. The van der Waals surface area contributed by atoms with Gasteiger partial charge in [-0.05, 0) is 61.9 Å². The van der Waals surface area contributed by atoms with E-state index < -0.39 is 15.9 Å². The minimum atomic E-state index is -3.84. The quantitative estimate of drug-likeness (QED) is 0.650. The molecule has 2 N–H and O–H groups in total. The van der Waals surface area contributed by atoms with E-state index in [-0.39, 0.29) is 10.7 Å². The summed E-state index contributed by atoms with van der Waals surface area (Å²) in [5.41, 5.74) is 1.97. The van der Waals surface area contributed by atoms with Gasteiger partial charge in [-0.2, -0.15) is 0 Å². The first-order valence-corrected chi connectivity index (χ1v) is 9.87. The summed E-state index contributed by atoms with van der Waals surface area (Å²) in [6.07, 6.45) is 1.42. The van der Waals surface area contributed by atoms with Gasteiger partial charge in [-0.3, -0.25) is 9.52 Å². The summed E-state index contributed by atoms with van der Waals surface area (Å²) in [6.45, 7) is 3.43. The number of anilines is 2. The molecule has 1 aromatic heterocycles. The number of furan rings is 1. The van der Waals surface area contributed by atoms with E-state index in [9.17, 15) is 13.2 Å². The molecule has 0 radical (unpaired) electrons. The van der Waals surface area contributed by atoms with Gasteiger partial charge in [-0.15, -0.1) is 0 Å². The first-order chi connectivity index (χ1) is 12.8. The highest BCUT2D eigenvalue weighted by atomic mass is 35.5. The van der Waals surface area contributed by atoms with Gasteiger partial charge >= 0.3 is 0 Å². The monoisotopic (exact) mass is 404 g/mol. The zero-order valence-electron chi connectivity index (χ0n) is 14.6. The van der Waals surface area contributed by atoms with Crippen LogP contribution in [-0.2, 0) is 10.0 Å². The molecular weight excluding hydrogens is 388 g/mol. The third-order valence-corrected chi connectivity index (χ3v) is 5.68. The van der Waals surface area contributed by atoms with E-state index in [1.165, 1.54) is 12.3 Å². The van der Waals surface area contributed by atoms with E-state index >= 15 is 0 Å². The highest BCUT2D eigenvalue weighted by Gasteiger charge is 2.19. The van der Waals surface area contributed by atoms with E-state index in [0.29, 0.717) is 27.5 Å². The van der Waals surface area contributed by atoms with Crippen molar-refractivity contribution in [1.82, 2.24) is 0 Å². The van der Waals surface area contributed by atoms with Crippen LogP contribution < -0.4 is 10.0 Å². The second-order valence-corrected chi connectivity index (χ2v) is 8.07. The summed E-state index contributed by atoms with van der Waals surface area (Å²) in [7, 11) is -3.84. The smallest absolute Gasteiger partial charge is 0.291 e. The second kappa shape index (κ2) is 7.46. The molecule has 3 aromatic rings. The van der Waals surface area contributed by atoms with Crippen molar-refractivity contribution < 1.29 is 17.6 Å². The first kappa shape index (κ1) is 19.0. The number of aryl methyl sites for hydroxylation is 2. The van der Waals surface area contributed by atoms with Crippen LogP contribution in [0.5, 0.6) is 0 Å². The molecule has 27 heavy (non-hydrogen) atoms. The second-order valence-electron chi connectivity index (χ2n) is 5.98. The summed E-state index contributed by atoms with van der Waals surface area (Å²) in [5, 5.41) is 3.16. The maximum atomic E-state index is 12.8. The van der Waals surface area contributed by atoms with E-state index in [0.717, 1.165) is 0 Å². The van der Waals surface area contributed by atoms with Gasteiger partial charge in [0.25, 0.3) is 15.9 Å². The molecule has 0 aliphatic heterocycles. The normalized spacial score (nSPS) is 11.2. The fourth-order valence-electron chi connectivity index (χ4n) is 2.49. The van der Waals surface area contributed by atoms with E-state index in [2.05, 4.69) is 10.0 Å². The van der Waals surface area contributed by atoms with Gasteiger partial charge < -0.3 is 9.73 Å². The molecule has 0 aliphatic carbocycles. The Bertz CT molecular complexity index is 1090. The van der Waals surface area contributed by atoms with Gasteiger partial charge in [0.1, 0.15) is 0 Å². The summed E-state index contributed by atoms with van der Waals surface area (Å²) < 4.78 is 33.2. The Labute approximate surface area is 162 Å². The van der Waals surface area contributed by atoms with Gasteiger partial charge in [0.2, 0.25) is 0 Å². The number of hydrogen-bond donors (Lipinski definition) is 2. The fourth-order valence-corrected chi connectivity index (χ4v) is 3.95. The SMILES string of the molecule is Cc1ccc(NC(=O)c2occc2C)cc1S(=O)(=O)Nc1ccc(Cl)cc1. The van der Waals surface area contributed by atoms with Gasteiger partial charge in [0.05, 0.1) is 11.2 Å². The standard InChI is InChI=1S/C19H17ClN2O4S/c1-12-3-6-16(21-19(23)18-13(2)9-10-26-18)11-17(12)27(24,25)22-15-7-4-14(20)5-8-15/h3-11,22H,1-2H3,(H,21,23). The number of amides is 1. The topological polar surface area (TPSA) is 88.4 Å². The Morgan fingerprint density at radius 1 is 0.963 bits per heavy atom. The Morgan fingerprint density at radius 3 is 2.26 bits per heavy atom. The van der Waals surface area contributed by atoms with Crippen molar-refractivity contribution in [2.24, 2.45) is 0 Å². The molecule has 0 spiro atoms. The fraction of sp³-hybridized carbons (Fsp3) is 0.105. The summed E-state index contributed by atoms with van der Waals surface area (Å²) in [4.78, 5) is 12.3. The number of sulfonamides is 1. The third-order valence-electron chi connectivity index (χ3n) is 3.90. The number of carbonyl (C=O) groups is 1. The molecule has 1 heterocycles. The third kappa shape index (κ3) is 4.32. The van der Waals surface area contributed by atoms with Crippen molar-refractivity contribution in [1.29, 1.82) is 0 Å². The van der Waals surface area contributed by atoms with Gasteiger partial charge in [-0.1, -0.05) is 17.7 Å². The van der Waals surface area contributed by atoms with Crippen molar-refractivity contribution in [3.63, 3.8) is 0 Å². The largest absolute Gasteiger partial charge is 0.459 e. The zero-order valence-corrected chi connectivity index (χ0v) is 16.2. The van der Waals surface area contributed by atoms with Gasteiger partial charge in [0.15, 0.2) is 5.76 Å². The van der Waals surface area contributed by atoms with Crippen molar-refractivity contribution in [2.45, 2.75) is 18.7 Å². The van der Waals surface area contributed by atoms with Crippen LogP contribution in [0.3, 0.4) is 0 Å². The van der Waals surface area contributed by atoms with Crippen LogP contribution >= 0.6 is 11.6 Å². The Morgan fingerprint density at radius 2 is 1.63 bits per heavy atom. The number of rotatable bonds is 5. The van der Waals surface area contributed by atoms with Crippen LogP contribution in [-0.4, -0.2) is 14.3 Å². The Kier molecular flexibility index (Phi) is 5.25. The highest BCUT2D eigenvalue weighted by Crippen LogP contribution is 2.24. The molecule has 0 aliphatic rings. The van der Waals surface area contributed by atoms with E-state index in [1.54, 1.807) is 56.3 Å². The molecule has 2 aromatic carbocycles. The van der Waals surface area contributed by atoms with Crippen molar-refractivity contribution in [2.75, 3.05) is 10.0 Å². The van der Waals surface area contributed by atoms with Crippen molar-refractivity contribution >= 4 is 38.9 Å². The predicted octanol–water partition coefficient (Wildman–Crippen LogP) is 4.60. The number of carbonyl (C=O) groups excluding carboxylic acids is 1. The molecule has 8 heteroatoms. The number of nitrogens with one attached hydrogen (secondary N) is 2. The van der Waals surface area contributed by atoms with Crippen LogP contribution in [0.15, 0.2) is 64.1 Å². The molecule has 0 saturated heterocycles. The van der Waals surface area contributed by atoms with Crippen molar-refractivity contribution in [3.05, 3.63) is 76.7 Å². The van der Waals surface area contributed by atoms with Crippen LogP contribution in [0.4, 0.5) is 11.4 Å². The molecule has 0 saturated carbocycles. The molecule has 1 amide bonds. The number of hydrogen-bond acceptors (Lipinski definition) is 4. The molecule has 0 unspecified atom stereocenters. The average Bonchev–Trinajstić information content (AvgIpc) is 3.04. The number of benzene rings is 2. The summed E-state index contributed by atoms with van der Waals surface area (Å²) in [5.74, 6) is -0.269. The number of halogens is 1. The van der Waals surface area contributed by atoms with Gasteiger partial charge in [0, 0.05) is 22.0 Å².